The number of alkyl halides is 3. The zero-order valence-electron chi connectivity index (χ0n) is 27.9. The van der Waals surface area contributed by atoms with Gasteiger partial charge in [-0.15, -0.1) is 0 Å². The van der Waals surface area contributed by atoms with Gasteiger partial charge >= 0.3 is 0 Å². The van der Waals surface area contributed by atoms with Gasteiger partial charge in [-0.25, -0.2) is 9.97 Å². The molecule has 13 heteroatoms. The fourth-order valence-corrected chi connectivity index (χ4v) is 5.65. The van der Waals surface area contributed by atoms with Crippen LogP contribution in [0.3, 0.4) is 0 Å². The SMILES string of the molecule is Brc1ccc(-c2nc3ccccc3nc2-c2ccc(Br)cc2)cc1.C.ClC(Cl)Cl.Nc1ccccc1N.O=C(C(=O)c1ccc(Br)cc1)c1ccc(Br)cc1. The lowest BCUT2D eigenvalue weighted by Crippen LogP contribution is -2.14. The number of benzene rings is 6. The van der Waals surface area contributed by atoms with Crippen molar-refractivity contribution in [3.05, 3.63) is 175 Å². The molecule has 0 saturated carbocycles. The van der Waals surface area contributed by atoms with Gasteiger partial charge in [0.25, 0.3) is 0 Å². The fraction of sp³-hybridized carbons (Fsp3) is 0.0476. The van der Waals surface area contributed by atoms with Gasteiger partial charge in [-0.1, -0.05) is 154 Å². The Morgan fingerprint density at radius 3 is 0.982 bits per heavy atom. The Morgan fingerprint density at radius 2 is 0.709 bits per heavy atom. The number of fused-ring (bicyclic) bond motifs is 1. The Balaban J connectivity index is 0.000000230. The van der Waals surface area contributed by atoms with Crippen LogP contribution < -0.4 is 11.5 Å². The van der Waals surface area contributed by atoms with Gasteiger partial charge in [-0.05, 0) is 97.1 Å². The number of halogens is 7. The van der Waals surface area contributed by atoms with Crippen LogP contribution in [-0.2, 0) is 0 Å². The number of carbonyl (C=O) groups excluding carboxylic acids is 2. The van der Waals surface area contributed by atoms with Crippen molar-refractivity contribution in [1.82, 2.24) is 9.97 Å². The highest BCUT2D eigenvalue weighted by molar-refractivity contribution is 9.11. The molecular formula is C42H33Br4Cl3N4O2. The van der Waals surface area contributed by atoms with E-state index in [0.29, 0.717) is 22.5 Å². The summed E-state index contributed by atoms with van der Waals surface area (Å²) in [5.41, 5.74) is 18.6. The number of nitrogen functional groups attached to an aromatic ring is 2. The van der Waals surface area contributed by atoms with Crippen molar-refractivity contribution >= 4 is 132 Å². The van der Waals surface area contributed by atoms with Crippen LogP contribution in [0.25, 0.3) is 33.5 Å². The van der Waals surface area contributed by atoms with Gasteiger partial charge in [0.15, 0.2) is 4.30 Å². The van der Waals surface area contributed by atoms with E-state index >= 15 is 0 Å². The molecule has 6 nitrogen and oxygen atoms in total. The molecule has 0 unspecified atom stereocenters. The molecule has 7 aromatic rings. The van der Waals surface area contributed by atoms with Gasteiger partial charge in [0.05, 0.1) is 33.8 Å². The summed E-state index contributed by atoms with van der Waals surface area (Å²) in [5, 5.41) is 0. The minimum absolute atomic E-state index is 0. The molecule has 1 aromatic heterocycles. The molecule has 0 aliphatic rings. The molecule has 0 spiro atoms. The number of anilines is 2. The number of nitrogens with zero attached hydrogens (tertiary/aromatic N) is 2. The normalized spacial score (nSPS) is 10.0. The summed E-state index contributed by atoms with van der Waals surface area (Å²) < 4.78 is 3.08. The van der Waals surface area contributed by atoms with E-state index in [1.807, 2.05) is 60.7 Å². The molecular weight excluding hydrogens is 1020 g/mol. The Hall–Kier alpha value is -3.61. The number of carbonyl (C=O) groups is 2. The highest BCUT2D eigenvalue weighted by Crippen LogP contribution is 2.32. The summed E-state index contributed by atoms with van der Waals surface area (Å²) in [6.07, 6.45) is 0. The molecule has 4 N–H and O–H groups in total. The molecule has 0 amide bonds. The number of aromatic nitrogens is 2. The van der Waals surface area contributed by atoms with Crippen molar-refractivity contribution in [2.45, 2.75) is 11.7 Å². The predicted octanol–water partition coefficient (Wildman–Crippen LogP) is 14.2. The molecule has 6 aromatic carbocycles. The third-order valence-electron chi connectivity index (χ3n) is 7.22. The number of hydrogen-bond donors (Lipinski definition) is 2. The molecule has 7 rings (SSSR count). The summed E-state index contributed by atoms with van der Waals surface area (Å²) in [7, 11) is 0. The lowest BCUT2D eigenvalue weighted by molar-refractivity contribution is 0.0817. The Morgan fingerprint density at radius 1 is 0.455 bits per heavy atom. The van der Waals surface area contributed by atoms with Gasteiger partial charge in [0.1, 0.15) is 0 Å². The van der Waals surface area contributed by atoms with Gasteiger partial charge in [-0.2, -0.15) is 0 Å². The molecule has 0 bridgehead atoms. The molecule has 0 radical (unpaired) electrons. The maximum atomic E-state index is 12.0. The van der Waals surface area contributed by atoms with Gasteiger partial charge in [0, 0.05) is 40.1 Å². The standard InChI is InChI=1S/C20H12Br2N2.C14H8Br2O2.C6H8N2.CHCl3.CH4/c21-15-9-5-13(6-10-15)19-20(14-7-11-16(22)12-8-14)24-18-4-2-1-3-17(18)23-19;15-11-5-1-9(2-6-11)13(17)14(18)10-3-7-12(16)8-4-10;7-5-3-1-2-4-6(5)8;2-1(3)4;/h1-12H;1-8H;1-4H,7-8H2;1H;1H4. The van der Waals surface area contributed by atoms with Crippen LogP contribution in [0.5, 0.6) is 0 Å². The maximum absolute atomic E-state index is 12.0. The monoisotopic (exact) mass is 1050 g/mol. The van der Waals surface area contributed by atoms with Gasteiger partial charge < -0.3 is 11.5 Å². The number of nitrogens with two attached hydrogens (primary N) is 2. The van der Waals surface area contributed by atoms with E-state index in [-0.39, 0.29) is 7.43 Å². The van der Waals surface area contributed by atoms with Crippen molar-refractivity contribution < 1.29 is 9.59 Å². The first-order chi connectivity index (χ1) is 25.8. The quantitative estimate of drug-likeness (QED) is 0.0769. The zero-order valence-corrected chi connectivity index (χ0v) is 36.6. The maximum Gasteiger partial charge on any atom is 0.233 e. The van der Waals surface area contributed by atoms with Crippen LogP contribution in [0.4, 0.5) is 11.4 Å². The van der Waals surface area contributed by atoms with Crippen molar-refractivity contribution in [1.29, 1.82) is 0 Å². The first kappa shape index (κ1) is 45.8. The van der Waals surface area contributed by atoms with E-state index in [1.54, 1.807) is 60.7 Å². The minimum atomic E-state index is -0.750. The van der Waals surface area contributed by atoms with E-state index in [1.165, 1.54) is 0 Å². The van der Waals surface area contributed by atoms with Crippen molar-refractivity contribution in [3.8, 4) is 22.5 Å². The van der Waals surface area contributed by atoms with Crippen molar-refractivity contribution in [2.24, 2.45) is 0 Å². The Labute approximate surface area is 369 Å². The largest absolute Gasteiger partial charge is 0.397 e. The first-order valence-electron chi connectivity index (χ1n) is 15.7. The van der Waals surface area contributed by atoms with Crippen molar-refractivity contribution in [2.75, 3.05) is 11.5 Å². The second-order valence-corrected chi connectivity index (χ2v) is 16.6. The van der Waals surface area contributed by atoms with E-state index in [2.05, 4.69) is 88.0 Å². The highest BCUT2D eigenvalue weighted by atomic mass is 79.9. The number of Topliss-reactive ketones (excluding diaryl/α,β-unsaturated/α-hetero) is 2. The number of rotatable bonds is 5. The molecule has 0 aliphatic heterocycles. The van der Waals surface area contributed by atoms with Crippen LogP contribution in [0.1, 0.15) is 28.1 Å². The topological polar surface area (TPSA) is 112 Å². The lowest BCUT2D eigenvalue weighted by atomic mass is 10.0. The second kappa shape index (κ2) is 22.8. The van der Waals surface area contributed by atoms with Crippen LogP contribution in [0.15, 0.2) is 163 Å². The molecule has 0 fully saturated rings. The van der Waals surface area contributed by atoms with Gasteiger partial charge in [-0.3, -0.25) is 9.59 Å². The van der Waals surface area contributed by atoms with Crippen LogP contribution in [0.2, 0.25) is 0 Å². The highest BCUT2D eigenvalue weighted by Gasteiger charge is 2.18. The summed E-state index contributed by atoms with van der Waals surface area (Å²) in [4.78, 5) is 33.7. The smallest absolute Gasteiger partial charge is 0.233 e. The van der Waals surface area contributed by atoms with Crippen molar-refractivity contribution in [3.63, 3.8) is 0 Å². The summed E-state index contributed by atoms with van der Waals surface area (Å²) >= 11 is 28.0. The number of ketones is 2. The molecule has 0 atom stereocenters. The lowest BCUT2D eigenvalue weighted by Gasteiger charge is -2.11. The summed E-state index contributed by atoms with van der Waals surface area (Å²) in [6, 6.07) is 45.0. The second-order valence-electron chi connectivity index (χ2n) is 11.0. The number of hydrogen-bond acceptors (Lipinski definition) is 6. The molecule has 282 valence electrons. The Bertz CT molecular complexity index is 2150. The van der Waals surface area contributed by atoms with E-state index in [9.17, 15) is 9.59 Å². The van der Waals surface area contributed by atoms with Crippen LogP contribution >= 0.6 is 98.5 Å². The zero-order chi connectivity index (χ0) is 39.2. The molecule has 1 heterocycles. The Kier molecular flexibility index (Phi) is 19.0. The van der Waals surface area contributed by atoms with Crippen LogP contribution in [-0.4, -0.2) is 25.8 Å². The summed E-state index contributed by atoms with van der Waals surface area (Å²) in [6.45, 7) is 0. The van der Waals surface area contributed by atoms with E-state index in [0.717, 1.165) is 51.4 Å². The van der Waals surface area contributed by atoms with Gasteiger partial charge in [0.2, 0.25) is 11.6 Å². The van der Waals surface area contributed by atoms with Crippen LogP contribution in [0, 0.1) is 0 Å². The average molecular weight is 1050 g/mol. The predicted molar refractivity (Wildman–Crippen MR) is 246 cm³/mol. The van der Waals surface area contributed by atoms with E-state index < -0.39 is 15.9 Å². The average Bonchev–Trinajstić information content (AvgIpc) is 3.16. The molecule has 0 aliphatic carbocycles. The third-order valence-corrected chi connectivity index (χ3v) is 9.34. The summed E-state index contributed by atoms with van der Waals surface area (Å²) in [5.74, 6) is -0.991. The number of para-hydroxylation sites is 4. The third kappa shape index (κ3) is 14.4. The minimum Gasteiger partial charge on any atom is -0.397 e. The fourth-order valence-electron chi connectivity index (χ4n) is 4.59. The molecule has 55 heavy (non-hydrogen) atoms. The molecule has 0 saturated heterocycles. The first-order valence-corrected chi connectivity index (χ1v) is 20.2. The van der Waals surface area contributed by atoms with E-state index in [4.69, 9.17) is 56.2 Å².